The quantitative estimate of drug-likeness (QED) is 0.420. The summed E-state index contributed by atoms with van der Waals surface area (Å²) in [5.41, 5.74) is 0.583. The fourth-order valence-electron chi connectivity index (χ4n) is 3.13. The summed E-state index contributed by atoms with van der Waals surface area (Å²) in [7, 11) is -2.25. The Morgan fingerprint density at radius 3 is 2.41 bits per heavy atom. The number of halogens is 1. The fraction of sp³-hybridized carbons (Fsp3) is 0.208. The van der Waals surface area contributed by atoms with Gasteiger partial charge in [-0.2, -0.15) is 0 Å². The van der Waals surface area contributed by atoms with Crippen molar-refractivity contribution in [1.29, 1.82) is 0 Å². The van der Waals surface area contributed by atoms with Crippen LogP contribution in [0.2, 0.25) is 5.02 Å². The van der Waals surface area contributed by atoms with Gasteiger partial charge in [0.25, 0.3) is 0 Å². The molecule has 0 bridgehead atoms. The number of hydrogen-bond acceptors (Lipinski definition) is 6. The van der Waals surface area contributed by atoms with E-state index in [2.05, 4.69) is 5.32 Å². The number of nitrogens with one attached hydrogen (secondary N) is 1. The van der Waals surface area contributed by atoms with Gasteiger partial charge < -0.3 is 19.5 Å². The molecule has 8 nitrogen and oxygen atoms in total. The van der Waals surface area contributed by atoms with Crippen LogP contribution in [0.25, 0.3) is 0 Å². The van der Waals surface area contributed by atoms with Crippen LogP contribution in [0.1, 0.15) is 6.92 Å². The van der Waals surface area contributed by atoms with Gasteiger partial charge in [-0.05, 0) is 49.4 Å². The maximum atomic E-state index is 12.9. The van der Waals surface area contributed by atoms with Crippen LogP contribution in [-0.4, -0.2) is 40.8 Å². The van der Waals surface area contributed by atoms with Gasteiger partial charge in [0.1, 0.15) is 12.3 Å². The van der Waals surface area contributed by atoms with Gasteiger partial charge >= 0.3 is 0 Å². The first kappa shape index (κ1) is 25.2. The number of carbonyl (C=O) groups excluding carboxylic acids is 1. The van der Waals surface area contributed by atoms with Gasteiger partial charge in [-0.1, -0.05) is 29.8 Å². The van der Waals surface area contributed by atoms with Gasteiger partial charge in [-0.25, -0.2) is 8.42 Å². The molecule has 1 N–H and O–H groups in total. The number of para-hydroxylation sites is 2. The highest BCUT2D eigenvalue weighted by atomic mass is 35.5. The summed E-state index contributed by atoms with van der Waals surface area (Å²) >= 11 is 6.13. The standard InChI is InChI=1S/C24H25ClN2O6S/c1-4-32-19-9-7-8-18(15-19)27(34(3,29)30)16-24(28)26-20-14-17(25)12-13-21(20)33-23-11-6-5-10-22(23)31-2/h5-15H,4,16H2,1-3H3,(H,26,28). The molecule has 0 saturated carbocycles. The predicted octanol–water partition coefficient (Wildman–Crippen LogP) is 4.94. The van der Waals surface area contributed by atoms with Crippen LogP contribution in [0.15, 0.2) is 66.7 Å². The van der Waals surface area contributed by atoms with Crippen molar-refractivity contribution in [3.05, 3.63) is 71.8 Å². The van der Waals surface area contributed by atoms with E-state index in [-0.39, 0.29) is 5.69 Å². The number of hydrogen-bond donors (Lipinski definition) is 1. The number of carbonyl (C=O) groups is 1. The van der Waals surface area contributed by atoms with Gasteiger partial charge in [0, 0.05) is 11.1 Å². The molecule has 180 valence electrons. The second kappa shape index (κ2) is 11.1. The van der Waals surface area contributed by atoms with Crippen molar-refractivity contribution in [3.8, 4) is 23.0 Å². The molecule has 0 spiro atoms. The minimum atomic E-state index is -3.77. The Kier molecular flexibility index (Phi) is 8.25. The summed E-state index contributed by atoms with van der Waals surface area (Å²) in [5, 5.41) is 3.06. The number of anilines is 2. The highest BCUT2D eigenvalue weighted by molar-refractivity contribution is 7.92. The molecule has 3 aromatic carbocycles. The summed E-state index contributed by atoms with van der Waals surface area (Å²) in [5.74, 6) is 1.17. The molecule has 0 aromatic heterocycles. The van der Waals surface area contributed by atoms with Crippen molar-refractivity contribution in [2.45, 2.75) is 6.92 Å². The van der Waals surface area contributed by atoms with E-state index in [1.54, 1.807) is 60.7 Å². The average Bonchev–Trinajstić information content (AvgIpc) is 2.79. The normalized spacial score (nSPS) is 10.9. The van der Waals surface area contributed by atoms with Crippen LogP contribution in [0, 0.1) is 0 Å². The molecule has 0 saturated heterocycles. The second-order valence-corrected chi connectivity index (χ2v) is 9.48. The molecule has 0 aliphatic heterocycles. The first-order valence-electron chi connectivity index (χ1n) is 10.3. The van der Waals surface area contributed by atoms with Crippen molar-refractivity contribution in [3.63, 3.8) is 0 Å². The molecule has 0 radical (unpaired) electrons. The van der Waals surface area contributed by atoms with Crippen LogP contribution in [0.4, 0.5) is 11.4 Å². The Morgan fingerprint density at radius 1 is 1.00 bits per heavy atom. The lowest BCUT2D eigenvalue weighted by Crippen LogP contribution is -2.37. The smallest absolute Gasteiger partial charge is 0.245 e. The van der Waals surface area contributed by atoms with Gasteiger partial charge in [0.05, 0.1) is 31.3 Å². The molecule has 0 aliphatic rings. The maximum absolute atomic E-state index is 12.9. The number of amides is 1. The number of rotatable bonds is 10. The zero-order valence-corrected chi connectivity index (χ0v) is 20.5. The minimum absolute atomic E-state index is 0.278. The molecular weight excluding hydrogens is 480 g/mol. The van der Waals surface area contributed by atoms with Crippen LogP contribution < -0.4 is 23.8 Å². The molecule has 0 unspecified atom stereocenters. The van der Waals surface area contributed by atoms with Crippen molar-refractivity contribution >= 4 is 38.9 Å². The van der Waals surface area contributed by atoms with E-state index in [4.69, 9.17) is 25.8 Å². The highest BCUT2D eigenvalue weighted by Gasteiger charge is 2.22. The summed E-state index contributed by atoms with van der Waals surface area (Å²) in [6.07, 6.45) is 1.03. The SMILES string of the molecule is CCOc1cccc(N(CC(=O)Nc2cc(Cl)ccc2Oc2ccccc2OC)S(C)(=O)=O)c1. The number of ether oxygens (including phenoxy) is 3. The van der Waals surface area contributed by atoms with Gasteiger partial charge in [-0.3, -0.25) is 9.10 Å². The second-order valence-electron chi connectivity index (χ2n) is 7.14. The number of benzene rings is 3. The third-order valence-corrected chi connectivity index (χ3v) is 5.98. The molecule has 3 aromatic rings. The summed E-state index contributed by atoms with van der Waals surface area (Å²) in [6, 6.07) is 18.3. The van der Waals surface area contributed by atoms with E-state index < -0.39 is 22.5 Å². The molecular formula is C24H25ClN2O6S. The zero-order valence-electron chi connectivity index (χ0n) is 18.9. The molecule has 0 atom stereocenters. The van der Waals surface area contributed by atoms with E-state index in [1.165, 1.54) is 13.2 Å². The van der Waals surface area contributed by atoms with Crippen LogP contribution in [0.5, 0.6) is 23.0 Å². The molecule has 0 heterocycles. The molecule has 3 rings (SSSR count). The third kappa shape index (κ3) is 6.55. The topological polar surface area (TPSA) is 94.2 Å². The van der Waals surface area contributed by atoms with E-state index in [1.807, 2.05) is 6.92 Å². The van der Waals surface area contributed by atoms with Gasteiger partial charge in [0.15, 0.2) is 17.2 Å². The predicted molar refractivity (Wildman–Crippen MR) is 133 cm³/mol. The van der Waals surface area contributed by atoms with Crippen LogP contribution >= 0.6 is 11.6 Å². The van der Waals surface area contributed by atoms with E-state index in [0.29, 0.717) is 40.3 Å². The third-order valence-electron chi connectivity index (χ3n) is 4.61. The number of methoxy groups -OCH3 is 1. The lowest BCUT2D eigenvalue weighted by atomic mass is 10.2. The van der Waals surface area contributed by atoms with Crippen LogP contribution in [-0.2, 0) is 14.8 Å². The average molecular weight is 505 g/mol. The Morgan fingerprint density at radius 2 is 1.74 bits per heavy atom. The Hall–Kier alpha value is -3.43. The first-order chi connectivity index (χ1) is 16.2. The Balaban J connectivity index is 1.85. The first-order valence-corrected chi connectivity index (χ1v) is 12.5. The Labute approximate surface area is 204 Å². The van der Waals surface area contributed by atoms with E-state index in [9.17, 15) is 13.2 Å². The molecule has 0 aliphatic carbocycles. The lowest BCUT2D eigenvalue weighted by Gasteiger charge is -2.23. The highest BCUT2D eigenvalue weighted by Crippen LogP contribution is 2.36. The largest absolute Gasteiger partial charge is 0.494 e. The fourth-order valence-corrected chi connectivity index (χ4v) is 4.15. The Bertz CT molecular complexity index is 1270. The number of nitrogens with zero attached hydrogens (tertiary/aromatic N) is 1. The van der Waals surface area contributed by atoms with E-state index in [0.717, 1.165) is 10.6 Å². The van der Waals surface area contributed by atoms with E-state index >= 15 is 0 Å². The summed E-state index contributed by atoms with van der Waals surface area (Å²) in [6.45, 7) is 1.78. The van der Waals surface area contributed by atoms with Crippen molar-refractivity contribution in [1.82, 2.24) is 0 Å². The minimum Gasteiger partial charge on any atom is -0.494 e. The summed E-state index contributed by atoms with van der Waals surface area (Å²) in [4.78, 5) is 12.9. The summed E-state index contributed by atoms with van der Waals surface area (Å²) < 4.78 is 42.6. The molecule has 1 amide bonds. The van der Waals surface area contributed by atoms with Crippen molar-refractivity contribution in [2.24, 2.45) is 0 Å². The van der Waals surface area contributed by atoms with Crippen molar-refractivity contribution in [2.75, 3.05) is 36.1 Å². The monoisotopic (exact) mass is 504 g/mol. The molecule has 0 fully saturated rings. The van der Waals surface area contributed by atoms with Gasteiger partial charge in [0.2, 0.25) is 15.9 Å². The van der Waals surface area contributed by atoms with Crippen LogP contribution in [0.3, 0.4) is 0 Å². The van der Waals surface area contributed by atoms with Gasteiger partial charge in [-0.15, -0.1) is 0 Å². The zero-order chi connectivity index (χ0) is 24.7. The molecule has 34 heavy (non-hydrogen) atoms. The maximum Gasteiger partial charge on any atom is 0.245 e. The molecule has 10 heteroatoms. The lowest BCUT2D eigenvalue weighted by molar-refractivity contribution is -0.114. The van der Waals surface area contributed by atoms with Crippen molar-refractivity contribution < 1.29 is 27.4 Å². The number of sulfonamides is 1.